The summed E-state index contributed by atoms with van der Waals surface area (Å²) in [7, 11) is 0. The van der Waals surface area contributed by atoms with Crippen molar-refractivity contribution >= 4 is 11.6 Å². The van der Waals surface area contributed by atoms with Gasteiger partial charge >= 0.3 is 0 Å². The number of rotatable bonds is 6. The van der Waals surface area contributed by atoms with Crippen LogP contribution in [0.4, 0.5) is 5.69 Å². The third kappa shape index (κ3) is 3.91. The van der Waals surface area contributed by atoms with Crippen LogP contribution in [0, 0.1) is 10.1 Å². The van der Waals surface area contributed by atoms with Crippen molar-refractivity contribution in [2.45, 2.75) is 25.8 Å². The van der Waals surface area contributed by atoms with E-state index in [0.29, 0.717) is 18.4 Å². The molecule has 1 N–H and O–H groups in total. The molecule has 1 unspecified atom stereocenters. The molecule has 0 saturated carbocycles. The highest BCUT2D eigenvalue weighted by Crippen LogP contribution is 2.25. The van der Waals surface area contributed by atoms with Gasteiger partial charge in [0.2, 0.25) is 5.91 Å². The van der Waals surface area contributed by atoms with Crippen molar-refractivity contribution < 1.29 is 9.72 Å². The van der Waals surface area contributed by atoms with E-state index < -0.39 is 0 Å². The number of nitro groups is 1. The summed E-state index contributed by atoms with van der Waals surface area (Å²) in [6.45, 7) is 1.78. The molecule has 5 nitrogen and oxygen atoms in total. The van der Waals surface area contributed by atoms with E-state index in [0.717, 1.165) is 5.56 Å². The molecule has 2 aromatic rings. The summed E-state index contributed by atoms with van der Waals surface area (Å²) in [6, 6.07) is 15.8. The molecule has 0 heterocycles. The quantitative estimate of drug-likeness (QED) is 0.656. The lowest BCUT2D eigenvalue weighted by atomic mass is 9.97. The maximum atomic E-state index is 11.8. The highest BCUT2D eigenvalue weighted by molar-refractivity contribution is 5.76. The molecule has 0 aromatic heterocycles. The second-order valence-electron chi connectivity index (χ2n) is 4.97. The second-order valence-corrected chi connectivity index (χ2v) is 4.97. The monoisotopic (exact) mass is 298 g/mol. The first-order valence-electron chi connectivity index (χ1n) is 7.18. The Hall–Kier alpha value is -2.69. The summed E-state index contributed by atoms with van der Waals surface area (Å²) in [5, 5.41) is 14.1. The molecule has 114 valence electrons. The second kappa shape index (κ2) is 7.36. The third-order valence-corrected chi connectivity index (χ3v) is 3.47. The molecular formula is C17H18N2O3. The zero-order valence-corrected chi connectivity index (χ0v) is 12.4. The first-order valence-corrected chi connectivity index (χ1v) is 7.18. The number of hydrogen-bond acceptors (Lipinski definition) is 3. The van der Waals surface area contributed by atoms with Gasteiger partial charge in [0.15, 0.2) is 0 Å². The van der Waals surface area contributed by atoms with E-state index in [1.807, 2.05) is 30.3 Å². The van der Waals surface area contributed by atoms with Crippen LogP contribution in [0.2, 0.25) is 0 Å². The van der Waals surface area contributed by atoms with E-state index >= 15 is 0 Å². The summed E-state index contributed by atoms with van der Waals surface area (Å²) in [5.41, 5.74) is 1.62. The fraction of sp³-hybridized carbons (Fsp3) is 0.235. The maximum absolute atomic E-state index is 11.8. The average molecular weight is 298 g/mol. The fourth-order valence-electron chi connectivity index (χ4n) is 2.32. The summed E-state index contributed by atoms with van der Waals surface area (Å²) >= 11 is 0. The molecule has 0 aliphatic rings. The van der Waals surface area contributed by atoms with Crippen LogP contribution in [0.15, 0.2) is 54.6 Å². The van der Waals surface area contributed by atoms with Crippen LogP contribution in [0.3, 0.4) is 0 Å². The van der Waals surface area contributed by atoms with Gasteiger partial charge in [-0.1, -0.05) is 55.5 Å². The van der Waals surface area contributed by atoms with Gasteiger partial charge in [0.1, 0.15) is 0 Å². The van der Waals surface area contributed by atoms with E-state index in [9.17, 15) is 14.9 Å². The molecule has 0 spiro atoms. The molecule has 1 atom stereocenters. The molecule has 5 heteroatoms. The predicted octanol–water partition coefficient (Wildman–Crippen LogP) is 3.40. The number of para-hydroxylation sites is 1. The Balaban J connectivity index is 2.31. The molecule has 0 radical (unpaired) electrons. The number of hydrogen-bond donors (Lipinski definition) is 1. The molecule has 0 aliphatic heterocycles. The van der Waals surface area contributed by atoms with Gasteiger partial charge in [-0.25, -0.2) is 0 Å². The van der Waals surface area contributed by atoms with Gasteiger partial charge in [0.05, 0.1) is 11.0 Å². The van der Waals surface area contributed by atoms with Crippen LogP contribution in [-0.2, 0) is 11.2 Å². The largest absolute Gasteiger partial charge is 0.349 e. The number of nitrogens with zero attached hydrogens (tertiary/aromatic N) is 1. The Morgan fingerprint density at radius 3 is 2.41 bits per heavy atom. The summed E-state index contributed by atoms with van der Waals surface area (Å²) < 4.78 is 0. The molecule has 0 fully saturated rings. The number of amides is 1. The Morgan fingerprint density at radius 2 is 1.77 bits per heavy atom. The minimum absolute atomic E-state index is 0.0764. The molecule has 0 saturated heterocycles. The number of benzene rings is 2. The zero-order chi connectivity index (χ0) is 15.9. The Bertz CT molecular complexity index is 656. The van der Waals surface area contributed by atoms with Gasteiger partial charge in [-0.2, -0.15) is 0 Å². The van der Waals surface area contributed by atoms with E-state index in [-0.39, 0.29) is 22.6 Å². The normalized spacial score (nSPS) is 11.7. The molecule has 2 aromatic carbocycles. The Morgan fingerprint density at radius 1 is 1.14 bits per heavy atom. The number of carbonyl (C=O) groups is 1. The summed E-state index contributed by atoms with van der Waals surface area (Å²) in [4.78, 5) is 22.5. The van der Waals surface area contributed by atoms with Crippen LogP contribution in [0.25, 0.3) is 0 Å². The molecule has 0 bridgehead atoms. The van der Waals surface area contributed by atoms with Crippen molar-refractivity contribution in [3.8, 4) is 0 Å². The summed E-state index contributed by atoms with van der Waals surface area (Å²) in [6.07, 6.45) is 0.757. The molecule has 2 rings (SSSR count). The highest BCUT2D eigenvalue weighted by Gasteiger charge is 2.19. The lowest BCUT2D eigenvalue weighted by Crippen LogP contribution is -2.29. The van der Waals surface area contributed by atoms with E-state index in [4.69, 9.17) is 0 Å². The van der Waals surface area contributed by atoms with Crippen LogP contribution >= 0.6 is 0 Å². The van der Waals surface area contributed by atoms with E-state index in [2.05, 4.69) is 5.32 Å². The number of nitro benzene ring substituents is 1. The minimum atomic E-state index is -0.390. The Kier molecular flexibility index (Phi) is 5.25. The fourth-order valence-corrected chi connectivity index (χ4v) is 2.32. The summed E-state index contributed by atoms with van der Waals surface area (Å²) in [5.74, 6) is -0.0764. The number of carbonyl (C=O) groups excluding carboxylic acids is 1. The van der Waals surface area contributed by atoms with Crippen molar-refractivity contribution in [1.82, 2.24) is 5.32 Å². The minimum Gasteiger partial charge on any atom is -0.349 e. The van der Waals surface area contributed by atoms with Gasteiger partial charge in [-0.15, -0.1) is 0 Å². The van der Waals surface area contributed by atoms with Crippen molar-refractivity contribution in [3.05, 3.63) is 75.8 Å². The van der Waals surface area contributed by atoms with Crippen molar-refractivity contribution in [2.75, 3.05) is 0 Å². The van der Waals surface area contributed by atoms with Gasteiger partial charge in [0, 0.05) is 24.5 Å². The van der Waals surface area contributed by atoms with Crippen LogP contribution in [-0.4, -0.2) is 10.8 Å². The van der Waals surface area contributed by atoms with E-state index in [1.54, 1.807) is 25.1 Å². The topological polar surface area (TPSA) is 72.2 Å². The molecular weight excluding hydrogens is 280 g/mol. The standard InChI is InChI=1S/C17H18N2O3/c1-2-17(20)18-15(13-8-4-3-5-9-13)12-14-10-6-7-11-16(14)19(21)22/h3-11,15H,2,12H2,1H3,(H,18,20). The smallest absolute Gasteiger partial charge is 0.272 e. The van der Waals surface area contributed by atoms with Crippen molar-refractivity contribution in [1.29, 1.82) is 0 Å². The molecule has 22 heavy (non-hydrogen) atoms. The highest BCUT2D eigenvalue weighted by atomic mass is 16.6. The predicted molar refractivity (Wildman–Crippen MR) is 84.4 cm³/mol. The van der Waals surface area contributed by atoms with Crippen molar-refractivity contribution in [3.63, 3.8) is 0 Å². The van der Waals surface area contributed by atoms with Crippen LogP contribution < -0.4 is 5.32 Å². The van der Waals surface area contributed by atoms with Crippen molar-refractivity contribution in [2.24, 2.45) is 0 Å². The Labute approximate surface area is 129 Å². The maximum Gasteiger partial charge on any atom is 0.272 e. The van der Waals surface area contributed by atoms with Gasteiger partial charge in [-0.05, 0) is 5.56 Å². The van der Waals surface area contributed by atoms with E-state index in [1.165, 1.54) is 6.07 Å². The molecule has 0 aliphatic carbocycles. The zero-order valence-electron chi connectivity index (χ0n) is 12.4. The van der Waals surface area contributed by atoms with Gasteiger partial charge < -0.3 is 5.32 Å². The SMILES string of the molecule is CCC(=O)NC(Cc1ccccc1[N+](=O)[O-])c1ccccc1. The first-order chi connectivity index (χ1) is 10.6. The number of nitrogens with one attached hydrogen (secondary N) is 1. The third-order valence-electron chi connectivity index (χ3n) is 3.47. The van der Waals surface area contributed by atoms with Gasteiger partial charge in [0.25, 0.3) is 5.69 Å². The van der Waals surface area contributed by atoms with Crippen LogP contribution in [0.5, 0.6) is 0 Å². The van der Waals surface area contributed by atoms with Gasteiger partial charge in [-0.3, -0.25) is 14.9 Å². The lowest BCUT2D eigenvalue weighted by Gasteiger charge is -2.19. The average Bonchev–Trinajstić information content (AvgIpc) is 2.55. The van der Waals surface area contributed by atoms with Crippen LogP contribution in [0.1, 0.15) is 30.5 Å². The molecule has 1 amide bonds. The lowest BCUT2D eigenvalue weighted by molar-refractivity contribution is -0.385. The first kappa shape index (κ1) is 15.7.